The second-order valence-electron chi connectivity index (χ2n) is 6.28. The van der Waals surface area contributed by atoms with E-state index < -0.39 is 0 Å². The number of nitrogens with zero attached hydrogens (tertiary/aromatic N) is 7. The molecule has 1 amide bonds. The summed E-state index contributed by atoms with van der Waals surface area (Å²) in [6.45, 7) is 9.48. The predicted octanol–water partition coefficient (Wildman–Crippen LogP) is 1.21. The molecule has 0 N–H and O–H groups in total. The Hall–Kier alpha value is -2.77. The van der Waals surface area contributed by atoms with Gasteiger partial charge in [0.25, 0.3) is 5.91 Å². The lowest BCUT2D eigenvalue weighted by Crippen LogP contribution is -2.39. The highest BCUT2D eigenvalue weighted by Crippen LogP contribution is 2.21. The van der Waals surface area contributed by atoms with E-state index in [1.165, 1.54) is 0 Å². The summed E-state index contributed by atoms with van der Waals surface area (Å²) in [5.41, 5.74) is 3.74. The SMILES string of the molecule is Cc1cc(C)n2nc(C)c(C(=O)N3CCn4c(C)nnc4C3)c2n1. The second-order valence-corrected chi connectivity index (χ2v) is 6.28. The third kappa shape index (κ3) is 2.10. The Morgan fingerprint density at radius 1 is 1.12 bits per heavy atom. The molecule has 3 aromatic rings. The van der Waals surface area contributed by atoms with Crippen LogP contribution < -0.4 is 0 Å². The Balaban J connectivity index is 1.75. The van der Waals surface area contributed by atoms with E-state index in [2.05, 4.69) is 24.8 Å². The third-order valence-electron chi connectivity index (χ3n) is 4.51. The lowest BCUT2D eigenvalue weighted by atomic mass is 10.2. The Kier molecular flexibility index (Phi) is 3.16. The van der Waals surface area contributed by atoms with Crippen molar-refractivity contribution in [3.05, 3.63) is 40.4 Å². The molecule has 0 aromatic carbocycles. The van der Waals surface area contributed by atoms with Gasteiger partial charge in [-0.1, -0.05) is 0 Å². The van der Waals surface area contributed by atoms with E-state index in [9.17, 15) is 4.79 Å². The molecule has 0 saturated heterocycles. The largest absolute Gasteiger partial charge is 0.329 e. The summed E-state index contributed by atoms with van der Waals surface area (Å²) in [7, 11) is 0. The van der Waals surface area contributed by atoms with Crippen molar-refractivity contribution in [1.29, 1.82) is 0 Å². The molecule has 1 aliphatic rings. The molecule has 0 spiro atoms. The maximum Gasteiger partial charge on any atom is 0.260 e. The highest BCUT2D eigenvalue weighted by atomic mass is 16.2. The first-order chi connectivity index (χ1) is 11.5. The minimum Gasteiger partial charge on any atom is -0.329 e. The summed E-state index contributed by atoms with van der Waals surface area (Å²) in [5.74, 6) is 1.66. The van der Waals surface area contributed by atoms with Gasteiger partial charge in [-0.25, -0.2) is 9.50 Å². The first-order valence-corrected chi connectivity index (χ1v) is 7.97. The quantitative estimate of drug-likeness (QED) is 0.672. The molecule has 0 fully saturated rings. The van der Waals surface area contributed by atoms with Crippen LogP contribution in [0.2, 0.25) is 0 Å². The molecule has 0 aliphatic carbocycles. The molecule has 0 bridgehead atoms. The zero-order valence-electron chi connectivity index (χ0n) is 14.2. The average Bonchev–Trinajstić information content (AvgIpc) is 3.07. The second kappa shape index (κ2) is 5.12. The molecule has 1 aliphatic heterocycles. The fourth-order valence-electron chi connectivity index (χ4n) is 3.31. The van der Waals surface area contributed by atoms with E-state index in [1.807, 2.05) is 33.8 Å². The number of hydrogen-bond acceptors (Lipinski definition) is 5. The highest BCUT2D eigenvalue weighted by molar-refractivity contribution is 6.01. The summed E-state index contributed by atoms with van der Waals surface area (Å²) >= 11 is 0. The molecule has 8 nitrogen and oxygen atoms in total. The van der Waals surface area contributed by atoms with Crippen LogP contribution >= 0.6 is 0 Å². The van der Waals surface area contributed by atoms with Gasteiger partial charge in [0.1, 0.15) is 11.4 Å². The zero-order valence-corrected chi connectivity index (χ0v) is 14.2. The number of aromatic nitrogens is 6. The van der Waals surface area contributed by atoms with Gasteiger partial charge in [-0.2, -0.15) is 5.10 Å². The van der Waals surface area contributed by atoms with E-state index in [4.69, 9.17) is 0 Å². The molecule has 24 heavy (non-hydrogen) atoms. The van der Waals surface area contributed by atoms with E-state index in [0.29, 0.717) is 36.5 Å². The van der Waals surface area contributed by atoms with Gasteiger partial charge < -0.3 is 9.47 Å². The van der Waals surface area contributed by atoms with E-state index in [0.717, 1.165) is 23.0 Å². The summed E-state index contributed by atoms with van der Waals surface area (Å²) in [4.78, 5) is 19.4. The Morgan fingerprint density at radius 2 is 1.92 bits per heavy atom. The third-order valence-corrected chi connectivity index (χ3v) is 4.51. The highest BCUT2D eigenvalue weighted by Gasteiger charge is 2.28. The van der Waals surface area contributed by atoms with Gasteiger partial charge in [0, 0.05) is 24.5 Å². The van der Waals surface area contributed by atoms with Crippen LogP contribution in [0.3, 0.4) is 0 Å². The molecule has 4 rings (SSSR count). The van der Waals surface area contributed by atoms with Crippen molar-refractivity contribution in [2.45, 2.75) is 40.8 Å². The molecule has 8 heteroatoms. The summed E-state index contributed by atoms with van der Waals surface area (Å²) in [6.07, 6.45) is 0. The summed E-state index contributed by atoms with van der Waals surface area (Å²) in [5, 5.41) is 12.7. The van der Waals surface area contributed by atoms with Crippen molar-refractivity contribution < 1.29 is 4.79 Å². The molecule has 0 saturated carbocycles. The fourth-order valence-corrected chi connectivity index (χ4v) is 3.31. The standard InChI is InChI=1S/C16H19N7O/c1-9-7-10(2)23-15(17-9)14(11(3)20-23)16(24)21-5-6-22-12(4)18-19-13(22)8-21/h7H,5-6,8H2,1-4H3. The fraction of sp³-hybridized carbons (Fsp3) is 0.438. The van der Waals surface area contributed by atoms with Crippen LogP contribution in [0.25, 0.3) is 5.65 Å². The minimum atomic E-state index is -0.0492. The van der Waals surface area contributed by atoms with E-state index >= 15 is 0 Å². The van der Waals surface area contributed by atoms with Gasteiger partial charge in [-0.05, 0) is 33.8 Å². The van der Waals surface area contributed by atoms with Crippen LogP contribution in [0.15, 0.2) is 6.07 Å². The van der Waals surface area contributed by atoms with Gasteiger partial charge >= 0.3 is 0 Å². The Morgan fingerprint density at radius 3 is 2.71 bits per heavy atom. The minimum absolute atomic E-state index is 0.0492. The molecule has 124 valence electrons. The molecule has 0 unspecified atom stereocenters. The number of carbonyl (C=O) groups excluding carboxylic acids is 1. The van der Waals surface area contributed by atoms with Crippen molar-refractivity contribution in [1.82, 2.24) is 34.3 Å². The molecular weight excluding hydrogens is 306 g/mol. The van der Waals surface area contributed by atoms with Crippen LogP contribution in [0.4, 0.5) is 0 Å². The van der Waals surface area contributed by atoms with Crippen molar-refractivity contribution in [3.8, 4) is 0 Å². The van der Waals surface area contributed by atoms with Crippen LogP contribution in [0, 0.1) is 27.7 Å². The molecule has 4 heterocycles. The Bertz CT molecular complexity index is 969. The number of amides is 1. The first kappa shape index (κ1) is 14.8. The maximum absolute atomic E-state index is 13.1. The van der Waals surface area contributed by atoms with Crippen LogP contribution in [-0.2, 0) is 13.1 Å². The van der Waals surface area contributed by atoms with Gasteiger partial charge in [0.05, 0.1) is 12.2 Å². The summed E-state index contributed by atoms with van der Waals surface area (Å²) in [6, 6.07) is 1.96. The lowest BCUT2D eigenvalue weighted by molar-refractivity contribution is 0.0707. The van der Waals surface area contributed by atoms with Crippen LogP contribution in [0.5, 0.6) is 0 Å². The van der Waals surface area contributed by atoms with Crippen molar-refractivity contribution in [2.24, 2.45) is 0 Å². The normalized spacial score (nSPS) is 14.2. The monoisotopic (exact) mass is 325 g/mol. The van der Waals surface area contributed by atoms with Crippen LogP contribution in [0.1, 0.15) is 39.1 Å². The van der Waals surface area contributed by atoms with Crippen molar-refractivity contribution in [3.63, 3.8) is 0 Å². The molecule has 3 aromatic heterocycles. The zero-order chi connectivity index (χ0) is 17.0. The lowest BCUT2D eigenvalue weighted by Gasteiger charge is -2.27. The maximum atomic E-state index is 13.1. The molecular formula is C16H19N7O. The Labute approximate surface area is 139 Å². The number of rotatable bonds is 1. The topological polar surface area (TPSA) is 81.2 Å². The predicted molar refractivity (Wildman–Crippen MR) is 86.7 cm³/mol. The number of hydrogen-bond donors (Lipinski definition) is 0. The van der Waals surface area contributed by atoms with Crippen molar-refractivity contribution in [2.75, 3.05) is 6.54 Å². The number of aryl methyl sites for hydroxylation is 4. The smallest absolute Gasteiger partial charge is 0.260 e. The summed E-state index contributed by atoms with van der Waals surface area (Å²) < 4.78 is 3.80. The van der Waals surface area contributed by atoms with Gasteiger partial charge in [-0.15, -0.1) is 10.2 Å². The number of fused-ring (bicyclic) bond motifs is 2. The van der Waals surface area contributed by atoms with Gasteiger partial charge in [-0.3, -0.25) is 4.79 Å². The van der Waals surface area contributed by atoms with Gasteiger partial charge in [0.15, 0.2) is 11.5 Å². The average molecular weight is 325 g/mol. The molecule has 0 radical (unpaired) electrons. The number of carbonyl (C=O) groups is 1. The first-order valence-electron chi connectivity index (χ1n) is 7.97. The van der Waals surface area contributed by atoms with E-state index in [-0.39, 0.29) is 5.91 Å². The van der Waals surface area contributed by atoms with Crippen LogP contribution in [-0.4, -0.2) is 46.7 Å². The van der Waals surface area contributed by atoms with Crippen molar-refractivity contribution >= 4 is 11.6 Å². The van der Waals surface area contributed by atoms with E-state index in [1.54, 1.807) is 9.42 Å². The molecule has 0 atom stereocenters. The van der Waals surface area contributed by atoms with Gasteiger partial charge in [0.2, 0.25) is 0 Å².